The minimum absolute atomic E-state index is 0.0931. The lowest BCUT2D eigenvalue weighted by Crippen LogP contribution is -2.42. The van der Waals surface area contributed by atoms with Crippen molar-refractivity contribution in [2.75, 3.05) is 53.6 Å². The van der Waals surface area contributed by atoms with E-state index in [4.69, 9.17) is 18.6 Å². The van der Waals surface area contributed by atoms with Crippen LogP contribution in [0.1, 0.15) is 27.7 Å². The highest BCUT2D eigenvalue weighted by molar-refractivity contribution is 5.99. The number of methoxy groups -OCH3 is 2. The molecule has 3 aromatic rings. The van der Waals surface area contributed by atoms with Gasteiger partial charge in [-0.2, -0.15) is 0 Å². The summed E-state index contributed by atoms with van der Waals surface area (Å²) in [7, 11) is 3.12. The van der Waals surface area contributed by atoms with Crippen molar-refractivity contribution < 1.29 is 23.4 Å². The SMILES string of the molecule is COc1cccc(C2c3c(oc4ccccc4c3=O)C(=O)N2CCN2CCOCC2)c1OC. The normalized spacial score (nSPS) is 18.5. The van der Waals surface area contributed by atoms with Crippen molar-refractivity contribution in [1.82, 2.24) is 9.80 Å². The van der Waals surface area contributed by atoms with Gasteiger partial charge in [0.15, 0.2) is 16.9 Å². The molecule has 1 unspecified atom stereocenters. The summed E-state index contributed by atoms with van der Waals surface area (Å²) >= 11 is 0. The van der Waals surface area contributed by atoms with Crippen molar-refractivity contribution in [2.45, 2.75) is 6.04 Å². The smallest absolute Gasteiger partial charge is 0.290 e. The molecule has 8 nitrogen and oxygen atoms in total. The van der Waals surface area contributed by atoms with Gasteiger partial charge in [-0.05, 0) is 18.2 Å². The molecule has 2 aliphatic heterocycles. The molecule has 1 amide bonds. The number of hydrogen-bond acceptors (Lipinski definition) is 7. The largest absolute Gasteiger partial charge is 0.493 e. The molecule has 33 heavy (non-hydrogen) atoms. The molecule has 1 saturated heterocycles. The molecule has 2 aromatic carbocycles. The Kier molecular flexibility index (Phi) is 5.78. The first-order valence-electron chi connectivity index (χ1n) is 11.0. The lowest BCUT2D eigenvalue weighted by Gasteiger charge is -2.31. The van der Waals surface area contributed by atoms with E-state index in [0.717, 1.165) is 13.1 Å². The first kappa shape index (κ1) is 21.5. The average molecular weight is 450 g/mol. The molecule has 0 saturated carbocycles. The highest BCUT2D eigenvalue weighted by Gasteiger charge is 2.44. The average Bonchev–Trinajstić information content (AvgIpc) is 3.14. The second-order valence-corrected chi connectivity index (χ2v) is 8.11. The van der Waals surface area contributed by atoms with Gasteiger partial charge in [-0.3, -0.25) is 14.5 Å². The Hall–Kier alpha value is -3.36. The van der Waals surface area contributed by atoms with Gasteiger partial charge in [0.1, 0.15) is 5.58 Å². The molecule has 1 fully saturated rings. The monoisotopic (exact) mass is 450 g/mol. The van der Waals surface area contributed by atoms with Crippen LogP contribution in [-0.2, 0) is 4.74 Å². The van der Waals surface area contributed by atoms with Crippen molar-refractivity contribution in [3.05, 3.63) is 69.6 Å². The highest BCUT2D eigenvalue weighted by Crippen LogP contribution is 2.44. The molecule has 0 aliphatic carbocycles. The number of rotatable bonds is 6. The van der Waals surface area contributed by atoms with E-state index in [1.54, 1.807) is 49.5 Å². The third-order valence-electron chi connectivity index (χ3n) is 6.36. The molecule has 1 aromatic heterocycles. The summed E-state index contributed by atoms with van der Waals surface area (Å²) in [4.78, 5) is 31.2. The predicted molar refractivity (Wildman–Crippen MR) is 122 cm³/mol. The van der Waals surface area contributed by atoms with Crippen molar-refractivity contribution in [3.8, 4) is 11.5 Å². The molecular formula is C25H26N2O6. The minimum Gasteiger partial charge on any atom is -0.493 e. The van der Waals surface area contributed by atoms with E-state index < -0.39 is 6.04 Å². The number of benzene rings is 2. The Morgan fingerprint density at radius 1 is 0.970 bits per heavy atom. The maximum atomic E-state index is 13.6. The van der Waals surface area contributed by atoms with Crippen LogP contribution in [-0.4, -0.2) is 69.3 Å². The molecule has 0 bridgehead atoms. The van der Waals surface area contributed by atoms with Gasteiger partial charge in [-0.15, -0.1) is 0 Å². The lowest BCUT2D eigenvalue weighted by molar-refractivity contribution is 0.0314. The van der Waals surface area contributed by atoms with E-state index in [1.807, 2.05) is 12.1 Å². The molecular weight excluding hydrogens is 424 g/mol. The molecule has 3 heterocycles. The highest BCUT2D eigenvalue weighted by atomic mass is 16.5. The second kappa shape index (κ2) is 8.88. The topological polar surface area (TPSA) is 81.5 Å². The fourth-order valence-corrected chi connectivity index (χ4v) is 4.72. The minimum atomic E-state index is -0.639. The second-order valence-electron chi connectivity index (χ2n) is 8.11. The molecule has 0 radical (unpaired) electrons. The number of amides is 1. The van der Waals surface area contributed by atoms with Gasteiger partial charge in [0.25, 0.3) is 5.91 Å². The number of carbonyl (C=O) groups is 1. The number of fused-ring (bicyclic) bond motifs is 2. The Balaban J connectivity index is 1.65. The standard InChI is InChI=1S/C25H26N2O6/c1-30-19-9-5-7-17(23(19)31-2)21-20-22(28)16-6-3-4-8-18(16)33-24(20)25(29)27(21)11-10-26-12-14-32-15-13-26/h3-9,21H,10-15H2,1-2H3. The van der Waals surface area contributed by atoms with E-state index in [-0.39, 0.29) is 17.1 Å². The summed E-state index contributed by atoms with van der Waals surface area (Å²) in [6.07, 6.45) is 0. The number of ether oxygens (including phenoxy) is 3. The summed E-state index contributed by atoms with van der Waals surface area (Å²) in [6.45, 7) is 4.06. The number of para-hydroxylation sites is 2. The maximum Gasteiger partial charge on any atom is 0.290 e. The molecule has 1 atom stereocenters. The van der Waals surface area contributed by atoms with Gasteiger partial charge in [-0.25, -0.2) is 0 Å². The molecule has 0 spiro atoms. The van der Waals surface area contributed by atoms with Gasteiger partial charge in [0.2, 0.25) is 5.76 Å². The van der Waals surface area contributed by atoms with Crippen molar-refractivity contribution >= 4 is 16.9 Å². The summed E-state index contributed by atoms with van der Waals surface area (Å²) in [5, 5.41) is 0.450. The summed E-state index contributed by atoms with van der Waals surface area (Å²) in [5.74, 6) is 0.829. The van der Waals surface area contributed by atoms with Crippen LogP contribution in [0.15, 0.2) is 51.7 Å². The van der Waals surface area contributed by atoms with Crippen LogP contribution in [0.25, 0.3) is 11.0 Å². The number of carbonyl (C=O) groups excluding carboxylic acids is 1. The van der Waals surface area contributed by atoms with Crippen LogP contribution in [0, 0.1) is 0 Å². The third kappa shape index (κ3) is 3.65. The Morgan fingerprint density at radius 3 is 2.52 bits per heavy atom. The third-order valence-corrected chi connectivity index (χ3v) is 6.36. The summed E-state index contributed by atoms with van der Waals surface area (Å²) in [6, 6.07) is 11.9. The van der Waals surface area contributed by atoms with Crippen molar-refractivity contribution in [3.63, 3.8) is 0 Å². The van der Waals surface area contributed by atoms with E-state index in [0.29, 0.717) is 59.9 Å². The number of nitrogens with zero attached hydrogens (tertiary/aromatic N) is 2. The van der Waals surface area contributed by atoms with E-state index in [1.165, 1.54) is 0 Å². The molecule has 5 rings (SSSR count). The quantitative estimate of drug-likeness (QED) is 0.571. The molecule has 0 N–H and O–H groups in total. The zero-order valence-electron chi connectivity index (χ0n) is 18.7. The van der Waals surface area contributed by atoms with Crippen molar-refractivity contribution in [2.24, 2.45) is 0 Å². The fraction of sp³-hybridized carbons (Fsp3) is 0.360. The van der Waals surface area contributed by atoms with Gasteiger partial charge in [0, 0.05) is 31.7 Å². The van der Waals surface area contributed by atoms with Crippen LogP contribution in [0.4, 0.5) is 0 Å². The Morgan fingerprint density at radius 2 is 1.76 bits per heavy atom. The van der Waals surface area contributed by atoms with Crippen LogP contribution in [0.5, 0.6) is 11.5 Å². The first-order chi connectivity index (χ1) is 16.1. The lowest BCUT2D eigenvalue weighted by atomic mass is 9.97. The van der Waals surface area contributed by atoms with Gasteiger partial charge >= 0.3 is 0 Å². The van der Waals surface area contributed by atoms with Crippen LogP contribution >= 0.6 is 0 Å². The Bertz CT molecular complexity index is 1250. The van der Waals surface area contributed by atoms with Gasteiger partial charge in [0.05, 0.1) is 44.4 Å². The summed E-state index contributed by atoms with van der Waals surface area (Å²) < 4.78 is 22.6. The maximum absolute atomic E-state index is 13.6. The van der Waals surface area contributed by atoms with Crippen LogP contribution < -0.4 is 14.9 Å². The molecule has 172 valence electrons. The first-order valence-corrected chi connectivity index (χ1v) is 11.0. The summed E-state index contributed by atoms with van der Waals surface area (Å²) in [5.41, 5.74) is 1.23. The van der Waals surface area contributed by atoms with E-state index in [9.17, 15) is 9.59 Å². The zero-order chi connectivity index (χ0) is 22.9. The zero-order valence-corrected chi connectivity index (χ0v) is 18.7. The molecule has 2 aliphatic rings. The number of morpholine rings is 1. The fourth-order valence-electron chi connectivity index (χ4n) is 4.72. The molecule has 8 heteroatoms. The van der Waals surface area contributed by atoms with Crippen molar-refractivity contribution in [1.29, 1.82) is 0 Å². The van der Waals surface area contributed by atoms with E-state index in [2.05, 4.69) is 4.90 Å². The number of hydrogen-bond donors (Lipinski definition) is 0. The van der Waals surface area contributed by atoms with Crippen LogP contribution in [0.2, 0.25) is 0 Å². The Labute approximate surface area is 191 Å². The van der Waals surface area contributed by atoms with E-state index >= 15 is 0 Å². The van der Waals surface area contributed by atoms with Crippen LogP contribution in [0.3, 0.4) is 0 Å². The van der Waals surface area contributed by atoms with Gasteiger partial charge in [-0.1, -0.05) is 24.3 Å². The predicted octanol–water partition coefficient (Wildman–Crippen LogP) is 2.69. The van der Waals surface area contributed by atoms with Gasteiger partial charge < -0.3 is 23.5 Å².